The molecule has 2 heterocycles. The number of fused-ring (bicyclic) bond motifs is 6. The van der Waals surface area contributed by atoms with E-state index in [-0.39, 0.29) is 0 Å². The van der Waals surface area contributed by atoms with Crippen LogP contribution in [0, 0.1) is 0 Å². The van der Waals surface area contributed by atoms with E-state index in [1.165, 1.54) is 79.3 Å². The van der Waals surface area contributed by atoms with Gasteiger partial charge in [0.15, 0.2) is 0 Å². The highest BCUT2D eigenvalue weighted by atomic mass is 32.1. The lowest BCUT2D eigenvalue weighted by Crippen LogP contribution is -1.87. The maximum Gasteiger partial charge on any atom is 0.0640 e. The van der Waals surface area contributed by atoms with Gasteiger partial charge in [0.1, 0.15) is 0 Å². The molecular formula is C44H29NS2. The van der Waals surface area contributed by atoms with Crippen molar-refractivity contribution in [2.45, 2.75) is 6.54 Å². The van der Waals surface area contributed by atoms with Crippen molar-refractivity contribution in [2.75, 3.05) is 0 Å². The molecule has 0 spiro atoms. The van der Waals surface area contributed by atoms with Crippen molar-refractivity contribution in [1.82, 2.24) is 0 Å². The summed E-state index contributed by atoms with van der Waals surface area (Å²) in [6, 6.07) is 57.2. The Balaban J connectivity index is 1.02. The van der Waals surface area contributed by atoms with Crippen molar-refractivity contribution in [3.05, 3.63) is 169 Å². The summed E-state index contributed by atoms with van der Waals surface area (Å²) in [6.45, 7) is 0.634. The molecule has 0 bridgehead atoms. The summed E-state index contributed by atoms with van der Waals surface area (Å²) in [5, 5.41) is 5.23. The smallest absolute Gasteiger partial charge is 0.0640 e. The van der Waals surface area contributed by atoms with E-state index in [0.717, 1.165) is 5.56 Å². The van der Waals surface area contributed by atoms with Crippen LogP contribution in [-0.2, 0) is 6.54 Å². The lowest BCUT2D eigenvalue weighted by atomic mass is 9.97. The van der Waals surface area contributed by atoms with Crippen molar-refractivity contribution in [1.29, 1.82) is 0 Å². The number of nitrogens with zero attached hydrogens (tertiary/aromatic N) is 1. The molecule has 3 heteroatoms. The van der Waals surface area contributed by atoms with E-state index in [0.29, 0.717) is 6.54 Å². The van der Waals surface area contributed by atoms with Crippen LogP contribution in [0.2, 0.25) is 0 Å². The third-order valence-electron chi connectivity index (χ3n) is 8.97. The predicted molar refractivity (Wildman–Crippen MR) is 206 cm³/mol. The molecule has 47 heavy (non-hydrogen) atoms. The number of aliphatic imine (C=N–C) groups is 1. The van der Waals surface area contributed by atoms with Gasteiger partial charge in [0.2, 0.25) is 0 Å². The van der Waals surface area contributed by atoms with Crippen molar-refractivity contribution in [2.24, 2.45) is 4.99 Å². The second kappa shape index (κ2) is 11.8. The topological polar surface area (TPSA) is 12.4 Å². The highest BCUT2D eigenvalue weighted by Gasteiger charge is 2.11. The molecule has 0 unspecified atom stereocenters. The van der Waals surface area contributed by atoms with Crippen molar-refractivity contribution >= 4 is 69.2 Å². The van der Waals surface area contributed by atoms with E-state index in [1.54, 1.807) is 0 Å². The SMILES string of the molecule is C(=NCc1cccc(-c2ccc3c(c2)sc2ccccc23)c1)c1cccc2sc3ccc(-c4cccc(-c5ccccc5)c4)cc3c12. The van der Waals surface area contributed by atoms with Crippen LogP contribution < -0.4 is 0 Å². The van der Waals surface area contributed by atoms with E-state index in [9.17, 15) is 0 Å². The zero-order valence-corrected chi connectivity index (χ0v) is 27.2. The number of hydrogen-bond donors (Lipinski definition) is 0. The van der Waals surface area contributed by atoms with Crippen LogP contribution in [0.3, 0.4) is 0 Å². The first-order valence-corrected chi connectivity index (χ1v) is 17.5. The molecule has 0 fully saturated rings. The summed E-state index contributed by atoms with van der Waals surface area (Å²) >= 11 is 3.72. The molecule has 9 rings (SSSR count). The Labute approximate surface area is 281 Å². The Kier molecular flexibility index (Phi) is 7.00. The average Bonchev–Trinajstić information content (AvgIpc) is 3.70. The lowest BCUT2D eigenvalue weighted by Gasteiger charge is -2.07. The van der Waals surface area contributed by atoms with E-state index in [2.05, 4.69) is 164 Å². The van der Waals surface area contributed by atoms with Crippen LogP contribution >= 0.6 is 22.7 Å². The van der Waals surface area contributed by atoms with Gasteiger partial charge in [-0.1, -0.05) is 115 Å². The van der Waals surface area contributed by atoms with E-state index >= 15 is 0 Å². The molecule has 0 aliphatic carbocycles. The minimum absolute atomic E-state index is 0.634. The quantitative estimate of drug-likeness (QED) is 0.161. The molecule has 222 valence electrons. The van der Waals surface area contributed by atoms with Gasteiger partial charge >= 0.3 is 0 Å². The number of benzene rings is 7. The molecule has 0 radical (unpaired) electrons. The van der Waals surface area contributed by atoms with Crippen LogP contribution in [0.4, 0.5) is 0 Å². The Morgan fingerprint density at radius 3 is 1.94 bits per heavy atom. The summed E-state index contributed by atoms with van der Waals surface area (Å²) in [5.41, 5.74) is 9.76. The van der Waals surface area contributed by atoms with Crippen molar-refractivity contribution < 1.29 is 0 Å². The maximum atomic E-state index is 4.97. The molecule has 0 aliphatic rings. The molecule has 7 aromatic carbocycles. The fourth-order valence-electron chi connectivity index (χ4n) is 6.65. The van der Waals surface area contributed by atoms with E-state index < -0.39 is 0 Å². The largest absolute Gasteiger partial charge is 0.288 e. The van der Waals surface area contributed by atoms with Crippen LogP contribution in [0.1, 0.15) is 11.1 Å². The fourth-order valence-corrected chi connectivity index (χ4v) is 8.92. The molecule has 0 N–H and O–H groups in total. The first-order chi connectivity index (χ1) is 23.3. The molecule has 9 aromatic rings. The average molecular weight is 636 g/mol. The number of hydrogen-bond acceptors (Lipinski definition) is 3. The second-order valence-corrected chi connectivity index (χ2v) is 14.1. The number of thiophene rings is 2. The van der Waals surface area contributed by atoms with E-state index in [1.807, 2.05) is 22.7 Å². The summed E-state index contributed by atoms with van der Waals surface area (Å²) in [4.78, 5) is 4.97. The fraction of sp³-hybridized carbons (Fsp3) is 0.0227. The van der Waals surface area contributed by atoms with Crippen molar-refractivity contribution in [3.8, 4) is 33.4 Å². The third kappa shape index (κ3) is 5.24. The van der Waals surface area contributed by atoms with Crippen LogP contribution in [0.15, 0.2) is 163 Å². The normalized spacial score (nSPS) is 11.8. The predicted octanol–water partition coefficient (Wildman–Crippen LogP) is 13.0. The minimum atomic E-state index is 0.634. The number of rotatable bonds is 6. The molecule has 0 atom stereocenters. The first kappa shape index (κ1) is 27.9. The van der Waals surface area contributed by atoms with Crippen molar-refractivity contribution in [3.63, 3.8) is 0 Å². The molecule has 1 nitrogen and oxygen atoms in total. The summed E-state index contributed by atoms with van der Waals surface area (Å²) in [5.74, 6) is 0. The van der Waals surface area contributed by atoms with Gasteiger partial charge in [0, 0.05) is 52.1 Å². The highest BCUT2D eigenvalue weighted by Crippen LogP contribution is 2.39. The van der Waals surface area contributed by atoms with Crippen LogP contribution in [0.5, 0.6) is 0 Å². The van der Waals surface area contributed by atoms with Crippen LogP contribution in [0.25, 0.3) is 73.7 Å². The zero-order chi connectivity index (χ0) is 31.2. The minimum Gasteiger partial charge on any atom is -0.288 e. The Hall–Kier alpha value is -5.35. The lowest BCUT2D eigenvalue weighted by molar-refractivity contribution is 1.08. The first-order valence-electron chi connectivity index (χ1n) is 15.9. The Morgan fingerprint density at radius 1 is 0.404 bits per heavy atom. The summed E-state index contributed by atoms with van der Waals surface area (Å²) < 4.78 is 5.25. The van der Waals surface area contributed by atoms with Gasteiger partial charge < -0.3 is 0 Å². The summed E-state index contributed by atoms with van der Waals surface area (Å²) in [6.07, 6.45) is 2.06. The van der Waals surface area contributed by atoms with Gasteiger partial charge in [-0.05, 0) is 81.4 Å². The second-order valence-electron chi connectivity index (χ2n) is 12.0. The summed E-state index contributed by atoms with van der Waals surface area (Å²) in [7, 11) is 0. The molecular weight excluding hydrogens is 607 g/mol. The maximum absolute atomic E-state index is 4.97. The van der Waals surface area contributed by atoms with Gasteiger partial charge in [0.05, 0.1) is 6.54 Å². The van der Waals surface area contributed by atoms with Gasteiger partial charge in [0.25, 0.3) is 0 Å². The molecule has 0 saturated heterocycles. The molecule has 0 amide bonds. The van der Waals surface area contributed by atoms with Gasteiger partial charge in [-0.2, -0.15) is 0 Å². The molecule has 0 aliphatic heterocycles. The van der Waals surface area contributed by atoms with E-state index in [4.69, 9.17) is 4.99 Å². The standard InChI is InChI=1S/C44H29NS2/c1-2-10-30(11-3-1)32-13-7-14-33(24-32)34-20-22-41-39(25-34)44-36(15-8-18-42(44)46-41)28-45-27-29-9-6-12-31(23-29)35-19-21-38-37-16-4-5-17-40(37)47-43(38)26-35/h1-26,28H,27H2. The molecule has 0 saturated carbocycles. The molecule has 2 aromatic heterocycles. The zero-order valence-electron chi connectivity index (χ0n) is 25.6. The van der Waals surface area contributed by atoms with Gasteiger partial charge in [-0.15, -0.1) is 22.7 Å². The monoisotopic (exact) mass is 635 g/mol. The van der Waals surface area contributed by atoms with Crippen LogP contribution in [-0.4, -0.2) is 6.21 Å². The highest BCUT2D eigenvalue weighted by molar-refractivity contribution is 7.26. The van der Waals surface area contributed by atoms with Gasteiger partial charge in [-0.3, -0.25) is 4.99 Å². The third-order valence-corrected chi connectivity index (χ3v) is 11.2. The Bertz CT molecular complexity index is 2600. The Morgan fingerprint density at radius 2 is 1.02 bits per heavy atom. The van der Waals surface area contributed by atoms with Gasteiger partial charge in [-0.25, -0.2) is 0 Å².